The van der Waals surface area contributed by atoms with Crippen molar-refractivity contribution in [2.75, 3.05) is 31.9 Å². The average molecular weight is 1890 g/mol. The van der Waals surface area contributed by atoms with Gasteiger partial charge in [0.05, 0.1) is 77.1 Å². The van der Waals surface area contributed by atoms with Gasteiger partial charge < -0.3 is 31.9 Å². The predicted octanol–water partition coefficient (Wildman–Crippen LogP) is 33.2. The molecule has 6 aromatic heterocycles. The molecule has 0 bridgehead atoms. The van der Waals surface area contributed by atoms with E-state index in [0.717, 1.165) is 59.4 Å². The highest BCUT2D eigenvalue weighted by Crippen LogP contribution is 2.41. The Morgan fingerprint density at radius 2 is 0.538 bits per heavy atom. The number of aryl methyl sites for hydroxylation is 12. The number of anilines is 6. The number of nitrogens with one attached hydrogen (secondary N) is 6. The predicted molar refractivity (Wildman–Crippen MR) is 611 cm³/mol. The van der Waals surface area contributed by atoms with Crippen LogP contribution in [0.4, 0.5) is 34.1 Å². The fourth-order valence-corrected chi connectivity index (χ4v) is 19.4. The summed E-state index contributed by atoms with van der Waals surface area (Å²) >= 11 is 0. The van der Waals surface area contributed by atoms with Crippen LogP contribution in [0.25, 0.3) is 54.6 Å². The van der Waals surface area contributed by atoms with Crippen LogP contribution >= 0.6 is 0 Å². The van der Waals surface area contributed by atoms with Gasteiger partial charge in [-0.05, 0) is 280 Å². The van der Waals surface area contributed by atoms with E-state index in [-0.39, 0.29) is 24.2 Å². The van der Waals surface area contributed by atoms with Gasteiger partial charge in [-0.25, -0.2) is 0 Å². The standard InChI is InChI=1S/C28H22N2.C27H26N2.C22H24N2.C21H22N2.C20H16N2.C15H18N2/c1-2-11-21(12-3-1)23-15-6-7-17-25(23)28(27-18-8-9-20-29-27)30-26-19-10-14-22-13-4-5-16-24(22)26;1-19-17-20(2)26(21(3)18-19)29-27(25-15-9-10-16-28-25)24-14-8-7-13-23(24)22-11-5-4-6-12-22;1-16-13-17(2)22(18(3)14-16)24-21(20-11-7-8-12-23-20)15-19-9-5-4-6-10-19;1-15-13-16(2)20(17(3)14-15)23-21(18-9-5-4-6-10-18)19-11-7-8-12-22-19;1-3-10-18-15(7-1)13-16-8-2-4-11-19(16)20(18)22-14-17-9-5-6-12-21-17;1-11-8-12(2)15(13(3)9-11)17-10-14-6-4-5-7-16-14/h1-20,28,30H;4-18,27,29H,1-3H3;4-14,21,24H,15H2,1-3H3;4-14,21,23H,1-3H3;1-13,22H,14H2;4-9,17H,10H2,1-3H3. The van der Waals surface area contributed by atoms with Crippen molar-refractivity contribution in [3.05, 3.63) is 585 Å². The van der Waals surface area contributed by atoms with Crippen molar-refractivity contribution < 1.29 is 0 Å². The normalized spacial score (nSPS) is 11.6. The molecule has 6 N–H and O–H groups in total. The minimum Gasteiger partial charge on any atom is -0.379 e. The van der Waals surface area contributed by atoms with E-state index in [1.165, 1.54) is 172 Å². The summed E-state index contributed by atoms with van der Waals surface area (Å²) in [5, 5.41) is 29.6. The van der Waals surface area contributed by atoms with Crippen LogP contribution in [0.1, 0.15) is 147 Å². The first-order valence-corrected chi connectivity index (χ1v) is 49.9. The van der Waals surface area contributed by atoms with E-state index < -0.39 is 0 Å². The zero-order valence-corrected chi connectivity index (χ0v) is 85.0. The van der Waals surface area contributed by atoms with Crippen LogP contribution in [-0.2, 0) is 19.5 Å². The maximum atomic E-state index is 4.70. The van der Waals surface area contributed by atoms with Crippen molar-refractivity contribution in [1.82, 2.24) is 29.9 Å². The molecule has 145 heavy (non-hydrogen) atoms. The molecule has 12 nitrogen and oxygen atoms in total. The van der Waals surface area contributed by atoms with Crippen molar-refractivity contribution in [2.24, 2.45) is 0 Å². The molecule has 0 saturated carbocycles. The number of aromatic nitrogens is 6. The van der Waals surface area contributed by atoms with Crippen molar-refractivity contribution in [3.8, 4) is 22.3 Å². The number of pyridine rings is 6. The van der Waals surface area contributed by atoms with Gasteiger partial charge in [-0.15, -0.1) is 0 Å². The highest BCUT2D eigenvalue weighted by Gasteiger charge is 2.25. The summed E-state index contributed by atoms with van der Waals surface area (Å²) in [6.07, 6.45) is 12.0. The zero-order valence-electron chi connectivity index (χ0n) is 85.0. The lowest BCUT2D eigenvalue weighted by atomic mass is 9.92. The molecule has 15 aromatic carbocycles. The monoisotopic (exact) mass is 1890 g/mol. The second-order valence-electron chi connectivity index (χ2n) is 37.1. The molecule has 0 fully saturated rings. The minimum absolute atomic E-state index is 0.0394. The first kappa shape index (κ1) is 101. The third-order valence-corrected chi connectivity index (χ3v) is 25.9. The maximum absolute atomic E-state index is 4.70. The Morgan fingerprint density at radius 1 is 0.221 bits per heavy atom. The molecule has 0 aliphatic carbocycles. The van der Waals surface area contributed by atoms with Crippen LogP contribution in [0.2, 0.25) is 0 Å². The summed E-state index contributed by atoms with van der Waals surface area (Å²) < 4.78 is 0. The molecule has 0 spiro atoms. The minimum atomic E-state index is -0.0755. The second-order valence-corrected chi connectivity index (χ2v) is 37.1. The molecule has 21 rings (SSSR count). The summed E-state index contributed by atoms with van der Waals surface area (Å²) in [5.41, 5.74) is 38.4. The fourth-order valence-electron chi connectivity index (χ4n) is 19.4. The van der Waals surface area contributed by atoms with Gasteiger partial charge in [-0.2, -0.15) is 0 Å². The van der Waals surface area contributed by atoms with E-state index in [4.69, 9.17) is 9.97 Å². The van der Waals surface area contributed by atoms with E-state index in [9.17, 15) is 0 Å². The highest BCUT2D eigenvalue weighted by atomic mass is 15.0. The van der Waals surface area contributed by atoms with Crippen LogP contribution in [0, 0.1) is 83.1 Å². The molecule has 4 atom stereocenters. The van der Waals surface area contributed by atoms with Crippen molar-refractivity contribution in [2.45, 2.75) is 127 Å². The Morgan fingerprint density at radius 3 is 0.959 bits per heavy atom. The third-order valence-electron chi connectivity index (χ3n) is 25.9. The Balaban J connectivity index is 0.000000126. The molecule has 0 radical (unpaired) electrons. The van der Waals surface area contributed by atoms with Crippen LogP contribution < -0.4 is 31.9 Å². The van der Waals surface area contributed by atoms with Gasteiger partial charge in [0, 0.05) is 81.8 Å². The third kappa shape index (κ3) is 27.1. The summed E-state index contributed by atoms with van der Waals surface area (Å²) in [7, 11) is 0. The molecule has 720 valence electrons. The smallest absolute Gasteiger partial charge is 0.0946 e. The largest absolute Gasteiger partial charge is 0.379 e. The number of hydrogen-bond acceptors (Lipinski definition) is 12. The zero-order chi connectivity index (χ0) is 101. The van der Waals surface area contributed by atoms with Crippen molar-refractivity contribution >= 4 is 66.4 Å². The molecule has 0 saturated heterocycles. The van der Waals surface area contributed by atoms with E-state index in [0.29, 0.717) is 0 Å². The van der Waals surface area contributed by atoms with Gasteiger partial charge in [0.2, 0.25) is 0 Å². The lowest BCUT2D eigenvalue weighted by Gasteiger charge is -2.25. The molecular weight excluding hydrogens is 1770 g/mol. The second kappa shape index (κ2) is 50.3. The molecular formula is C133H128N12. The first-order chi connectivity index (χ1) is 70.9. The molecule has 4 unspecified atom stereocenters. The van der Waals surface area contributed by atoms with Gasteiger partial charge in [0.15, 0.2) is 0 Å². The number of rotatable bonds is 25. The lowest BCUT2D eigenvalue weighted by molar-refractivity contribution is 0.744. The van der Waals surface area contributed by atoms with Crippen molar-refractivity contribution in [1.29, 1.82) is 0 Å². The van der Waals surface area contributed by atoms with Crippen LogP contribution in [0.3, 0.4) is 0 Å². The van der Waals surface area contributed by atoms with Crippen LogP contribution in [0.15, 0.2) is 462 Å². The molecule has 12 heteroatoms. The fraction of sp³-hybridized carbons (Fsp3) is 0.143. The quantitative estimate of drug-likeness (QED) is 0.0303. The Hall–Kier alpha value is -17.2. The van der Waals surface area contributed by atoms with Crippen LogP contribution in [-0.4, -0.2) is 29.9 Å². The first-order valence-electron chi connectivity index (χ1n) is 49.9. The lowest BCUT2D eigenvalue weighted by Crippen LogP contribution is -2.16. The highest BCUT2D eigenvalue weighted by molar-refractivity contribution is 6.11. The van der Waals surface area contributed by atoms with E-state index >= 15 is 0 Å². The number of nitrogens with zero attached hydrogens (tertiary/aromatic N) is 6. The van der Waals surface area contributed by atoms with Crippen molar-refractivity contribution in [3.63, 3.8) is 0 Å². The Kier molecular flexibility index (Phi) is 34.9. The molecule has 0 aliphatic rings. The van der Waals surface area contributed by atoms with Gasteiger partial charge in [0.25, 0.3) is 0 Å². The van der Waals surface area contributed by atoms with Gasteiger partial charge in [0.1, 0.15) is 0 Å². The Labute approximate surface area is 856 Å². The topological polar surface area (TPSA) is 150 Å². The van der Waals surface area contributed by atoms with Gasteiger partial charge in [-0.1, -0.05) is 362 Å². The van der Waals surface area contributed by atoms with Crippen LogP contribution in [0.5, 0.6) is 0 Å². The number of fused-ring (bicyclic) bond motifs is 3. The molecule has 0 aliphatic heterocycles. The Bertz CT molecular complexity index is 7530. The maximum Gasteiger partial charge on any atom is 0.0946 e. The molecule has 6 heterocycles. The average Bonchev–Trinajstić information content (AvgIpc) is 0.770. The van der Waals surface area contributed by atoms with Gasteiger partial charge in [-0.3, -0.25) is 29.9 Å². The molecule has 0 amide bonds. The summed E-state index contributed by atoms with van der Waals surface area (Å²) in [4.78, 5) is 27.3. The van der Waals surface area contributed by atoms with E-state index in [1.54, 1.807) is 0 Å². The van der Waals surface area contributed by atoms with E-state index in [2.05, 4.69) is 481 Å². The SMILES string of the molecule is Cc1cc(C)c(NC(Cc2ccccc2)c2ccccn2)c(C)c1.Cc1cc(C)c(NC(c2ccccc2)c2ccccn2)c(C)c1.Cc1cc(C)c(NC(c2ccccn2)c2ccccc2-c2ccccc2)c(C)c1.Cc1cc(C)c(NCc2ccccn2)c(C)c1.c1ccc(-c2ccccc2C(Nc2cccc3ccccc23)c2ccccn2)cc1.c1ccc(CNc2c3ccccc3cc3ccccc23)nc1. The summed E-state index contributed by atoms with van der Waals surface area (Å²) in [5.74, 6) is 0. The summed E-state index contributed by atoms with van der Waals surface area (Å²) in [6.45, 7) is 27.3. The number of hydrogen-bond donors (Lipinski definition) is 6. The van der Waals surface area contributed by atoms with Gasteiger partial charge >= 0.3 is 0 Å². The number of benzene rings is 15. The van der Waals surface area contributed by atoms with E-state index in [1.807, 2.05) is 116 Å². The summed E-state index contributed by atoms with van der Waals surface area (Å²) in [6, 6.07) is 148. The molecule has 21 aromatic rings.